The van der Waals surface area contributed by atoms with Gasteiger partial charge in [-0.1, -0.05) is 0 Å². The fourth-order valence-electron chi connectivity index (χ4n) is 1.79. The number of nitrogen functional groups attached to an aromatic ring is 1. The first-order valence-corrected chi connectivity index (χ1v) is 5.72. The largest absolute Gasteiger partial charge is 0.399 e. The second kappa shape index (κ2) is 3.46. The fraction of sp³-hybridized carbons (Fsp3) is 0.455. The van der Waals surface area contributed by atoms with Crippen molar-refractivity contribution in [2.75, 3.05) is 11.1 Å². The molecule has 1 aliphatic rings. The van der Waals surface area contributed by atoms with Crippen LogP contribution in [0, 0.1) is 0 Å². The Morgan fingerprint density at radius 2 is 2.14 bits per heavy atom. The number of hydrogen-bond donors (Lipinski definition) is 2. The average Bonchev–Trinajstić information content (AvgIpc) is 2.07. The first-order valence-electron chi connectivity index (χ1n) is 4.92. The van der Waals surface area contributed by atoms with Gasteiger partial charge in [-0.3, -0.25) is 0 Å². The van der Waals surface area contributed by atoms with Gasteiger partial charge in [-0.25, -0.2) is 0 Å². The van der Waals surface area contributed by atoms with Gasteiger partial charge in [0.15, 0.2) is 0 Å². The standard InChI is InChI=1S/C11H15BrN2/c1-11(5-2-6-11)14-10-4-3-8(13)7-9(10)12/h3-4,7,14H,2,5-6,13H2,1H3. The normalized spacial score (nSPS) is 18.7. The van der Waals surface area contributed by atoms with Crippen molar-refractivity contribution in [2.24, 2.45) is 0 Å². The Labute approximate surface area is 93.0 Å². The molecule has 0 aliphatic heterocycles. The van der Waals surface area contributed by atoms with Gasteiger partial charge >= 0.3 is 0 Å². The van der Waals surface area contributed by atoms with Gasteiger partial charge in [-0.15, -0.1) is 0 Å². The van der Waals surface area contributed by atoms with E-state index in [1.54, 1.807) is 0 Å². The van der Waals surface area contributed by atoms with Gasteiger partial charge in [0, 0.05) is 21.4 Å². The van der Waals surface area contributed by atoms with E-state index in [4.69, 9.17) is 5.73 Å². The van der Waals surface area contributed by atoms with Crippen LogP contribution in [-0.2, 0) is 0 Å². The van der Waals surface area contributed by atoms with E-state index >= 15 is 0 Å². The van der Waals surface area contributed by atoms with Gasteiger partial charge in [-0.2, -0.15) is 0 Å². The summed E-state index contributed by atoms with van der Waals surface area (Å²) in [4.78, 5) is 0. The molecule has 0 spiro atoms. The third-order valence-electron chi connectivity index (χ3n) is 2.89. The molecule has 0 bridgehead atoms. The molecule has 3 N–H and O–H groups in total. The molecule has 1 aromatic carbocycles. The van der Waals surface area contributed by atoms with Crippen LogP contribution in [0.5, 0.6) is 0 Å². The van der Waals surface area contributed by atoms with Crippen LogP contribution in [0.25, 0.3) is 0 Å². The second-order valence-corrected chi connectivity index (χ2v) is 5.13. The maximum Gasteiger partial charge on any atom is 0.0490 e. The number of halogens is 1. The van der Waals surface area contributed by atoms with E-state index in [0.717, 1.165) is 15.8 Å². The van der Waals surface area contributed by atoms with Gasteiger partial charge < -0.3 is 11.1 Å². The summed E-state index contributed by atoms with van der Waals surface area (Å²) < 4.78 is 1.05. The zero-order valence-electron chi connectivity index (χ0n) is 8.31. The van der Waals surface area contributed by atoms with Crippen LogP contribution in [0.1, 0.15) is 26.2 Å². The van der Waals surface area contributed by atoms with Gasteiger partial charge in [0.2, 0.25) is 0 Å². The fourth-order valence-corrected chi connectivity index (χ4v) is 2.29. The lowest BCUT2D eigenvalue weighted by atomic mass is 9.78. The van der Waals surface area contributed by atoms with Crippen molar-refractivity contribution in [1.82, 2.24) is 0 Å². The average molecular weight is 255 g/mol. The Hall–Kier alpha value is -0.700. The highest BCUT2D eigenvalue weighted by Crippen LogP contribution is 2.37. The number of hydrogen-bond acceptors (Lipinski definition) is 2. The Balaban J connectivity index is 2.16. The lowest BCUT2D eigenvalue weighted by Crippen LogP contribution is -2.41. The van der Waals surface area contributed by atoms with Crippen molar-refractivity contribution in [3.8, 4) is 0 Å². The van der Waals surface area contributed by atoms with E-state index in [-0.39, 0.29) is 0 Å². The third kappa shape index (κ3) is 1.87. The minimum Gasteiger partial charge on any atom is -0.399 e. The van der Waals surface area contributed by atoms with E-state index in [1.807, 2.05) is 18.2 Å². The summed E-state index contributed by atoms with van der Waals surface area (Å²) in [6.07, 6.45) is 3.84. The van der Waals surface area contributed by atoms with Gasteiger partial charge in [0.1, 0.15) is 0 Å². The predicted molar refractivity (Wildman–Crippen MR) is 64.4 cm³/mol. The summed E-state index contributed by atoms with van der Waals surface area (Å²) in [6.45, 7) is 2.26. The second-order valence-electron chi connectivity index (χ2n) is 4.28. The highest BCUT2D eigenvalue weighted by atomic mass is 79.9. The third-order valence-corrected chi connectivity index (χ3v) is 3.54. The molecule has 1 fully saturated rings. The molecule has 0 radical (unpaired) electrons. The predicted octanol–water partition coefficient (Wildman–Crippen LogP) is 3.39. The van der Waals surface area contributed by atoms with E-state index in [2.05, 4.69) is 28.2 Å². The molecule has 0 atom stereocenters. The van der Waals surface area contributed by atoms with Crippen LogP contribution in [0.15, 0.2) is 22.7 Å². The molecule has 1 aliphatic carbocycles. The molecular formula is C11H15BrN2. The molecule has 0 amide bonds. The first-order chi connectivity index (χ1) is 6.59. The van der Waals surface area contributed by atoms with E-state index in [9.17, 15) is 0 Å². The summed E-state index contributed by atoms with van der Waals surface area (Å²) in [5.74, 6) is 0. The Bertz CT molecular complexity index is 345. The summed E-state index contributed by atoms with van der Waals surface area (Å²) in [7, 11) is 0. The van der Waals surface area contributed by atoms with Crippen LogP contribution in [0.2, 0.25) is 0 Å². The Morgan fingerprint density at radius 1 is 1.43 bits per heavy atom. The molecule has 0 unspecified atom stereocenters. The summed E-state index contributed by atoms with van der Waals surface area (Å²) in [6, 6.07) is 5.89. The smallest absolute Gasteiger partial charge is 0.0490 e. The lowest BCUT2D eigenvalue weighted by molar-refractivity contribution is 0.306. The number of anilines is 2. The van der Waals surface area contributed by atoms with E-state index in [0.29, 0.717) is 5.54 Å². The number of nitrogens with two attached hydrogens (primary N) is 1. The minimum absolute atomic E-state index is 0.290. The molecular weight excluding hydrogens is 240 g/mol. The molecule has 0 saturated heterocycles. The van der Waals surface area contributed by atoms with E-state index < -0.39 is 0 Å². The number of benzene rings is 1. The Morgan fingerprint density at radius 3 is 2.64 bits per heavy atom. The van der Waals surface area contributed by atoms with Crippen LogP contribution in [0.4, 0.5) is 11.4 Å². The maximum atomic E-state index is 5.68. The first kappa shape index (κ1) is 9.84. The van der Waals surface area contributed by atoms with Crippen molar-refractivity contribution in [2.45, 2.75) is 31.7 Å². The molecule has 14 heavy (non-hydrogen) atoms. The van der Waals surface area contributed by atoms with E-state index in [1.165, 1.54) is 19.3 Å². The molecule has 76 valence electrons. The van der Waals surface area contributed by atoms with Crippen molar-refractivity contribution in [3.63, 3.8) is 0 Å². The zero-order valence-corrected chi connectivity index (χ0v) is 9.89. The molecule has 1 saturated carbocycles. The molecule has 0 aromatic heterocycles. The Kier molecular flexibility index (Phi) is 2.43. The summed E-state index contributed by atoms with van der Waals surface area (Å²) in [5, 5.41) is 3.55. The SMILES string of the molecule is CC1(Nc2ccc(N)cc2Br)CCC1. The molecule has 0 heterocycles. The van der Waals surface area contributed by atoms with Gasteiger partial charge in [0.05, 0.1) is 0 Å². The van der Waals surface area contributed by atoms with Crippen molar-refractivity contribution >= 4 is 27.3 Å². The lowest BCUT2D eigenvalue weighted by Gasteiger charge is -2.40. The molecule has 2 rings (SSSR count). The summed E-state index contributed by atoms with van der Waals surface area (Å²) >= 11 is 3.51. The number of nitrogens with one attached hydrogen (secondary N) is 1. The zero-order chi connectivity index (χ0) is 10.2. The minimum atomic E-state index is 0.290. The molecule has 2 nitrogen and oxygen atoms in total. The highest BCUT2D eigenvalue weighted by molar-refractivity contribution is 9.10. The van der Waals surface area contributed by atoms with Crippen LogP contribution in [0.3, 0.4) is 0 Å². The van der Waals surface area contributed by atoms with Crippen LogP contribution < -0.4 is 11.1 Å². The van der Waals surface area contributed by atoms with Gasteiger partial charge in [-0.05, 0) is 60.3 Å². The van der Waals surface area contributed by atoms with Crippen molar-refractivity contribution in [3.05, 3.63) is 22.7 Å². The van der Waals surface area contributed by atoms with Gasteiger partial charge in [0.25, 0.3) is 0 Å². The summed E-state index contributed by atoms with van der Waals surface area (Å²) in [5.41, 5.74) is 7.90. The quantitative estimate of drug-likeness (QED) is 0.795. The number of rotatable bonds is 2. The van der Waals surface area contributed by atoms with Crippen molar-refractivity contribution < 1.29 is 0 Å². The highest BCUT2D eigenvalue weighted by Gasteiger charge is 2.31. The molecule has 1 aromatic rings. The van der Waals surface area contributed by atoms with Crippen LogP contribution in [-0.4, -0.2) is 5.54 Å². The van der Waals surface area contributed by atoms with Crippen LogP contribution >= 0.6 is 15.9 Å². The van der Waals surface area contributed by atoms with Crippen molar-refractivity contribution in [1.29, 1.82) is 0 Å². The maximum absolute atomic E-state index is 5.68. The monoisotopic (exact) mass is 254 g/mol. The molecule has 3 heteroatoms. The topological polar surface area (TPSA) is 38.0 Å².